The minimum Gasteiger partial charge on any atom is -0.311 e. The molecule has 2 heterocycles. The van der Waals surface area contributed by atoms with Crippen LogP contribution in [0.25, 0.3) is 0 Å². The molecule has 0 amide bonds. The van der Waals surface area contributed by atoms with Crippen LogP contribution in [0.4, 0.5) is 0 Å². The Labute approximate surface area is 132 Å². The van der Waals surface area contributed by atoms with E-state index in [1.807, 2.05) is 0 Å². The number of piperazine rings is 1. The van der Waals surface area contributed by atoms with E-state index in [1.165, 1.54) is 64.8 Å². The first-order chi connectivity index (χ1) is 10.1. The maximum atomic E-state index is 3.78. The van der Waals surface area contributed by atoms with Crippen LogP contribution in [0.2, 0.25) is 0 Å². The topological polar surface area (TPSA) is 18.5 Å². The van der Waals surface area contributed by atoms with Crippen LogP contribution in [0.5, 0.6) is 0 Å². The van der Waals surface area contributed by atoms with Gasteiger partial charge in [-0.25, -0.2) is 0 Å². The number of hydrogen-bond acceptors (Lipinski definition) is 3. The Balaban J connectivity index is 1.81. The van der Waals surface area contributed by atoms with Gasteiger partial charge >= 0.3 is 0 Å². The molecule has 3 heteroatoms. The molecule has 2 saturated heterocycles. The van der Waals surface area contributed by atoms with Crippen LogP contribution >= 0.6 is 0 Å². The number of nitrogens with one attached hydrogen (secondary N) is 1. The summed E-state index contributed by atoms with van der Waals surface area (Å²) in [7, 11) is 2.26. The fourth-order valence-electron chi connectivity index (χ4n) is 4.05. The van der Waals surface area contributed by atoms with Gasteiger partial charge in [-0.1, -0.05) is 27.2 Å². The maximum absolute atomic E-state index is 3.78. The molecule has 2 aliphatic heterocycles. The lowest BCUT2D eigenvalue weighted by Crippen LogP contribution is -2.58. The third-order valence-corrected chi connectivity index (χ3v) is 5.61. The molecule has 0 aromatic carbocycles. The summed E-state index contributed by atoms with van der Waals surface area (Å²) in [6, 6.07) is 1.46. The lowest BCUT2D eigenvalue weighted by molar-refractivity contribution is 0.0837. The molecule has 0 bridgehead atoms. The molecular weight excluding hydrogens is 258 g/mol. The molecule has 2 unspecified atom stereocenters. The van der Waals surface area contributed by atoms with Crippen molar-refractivity contribution in [2.45, 2.75) is 65.0 Å². The largest absolute Gasteiger partial charge is 0.311 e. The molecule has 2 aliphatic rings. The average molecular weight is 296 g/mol. The summed E-state index contributed by atoms with van der Waals surface area (Å²) in [6.07, 6.45) is 6.86. The predicted octanol–water partition coefficient (Wildman–Crippen LogP) is 2.82. The summed E-state index contributed by atoms with van der Waals surface area (Å²) in [5, 5.41) is 3.78. The first-order valence-electron chi connectivity index (χ1n) is 9.26. The molecular formula is C18H37N3. The van der Waals surface area contributed by atoms with E-state index in [0.29, 0.717) is 0 Å². The Morgan fingerprint density at radius 3 is 2.48 bits per heavy atom. The smallest absolute Gasteiger partial charge is 0.0244 e. The molecule has 0 aromatic rings. The summed E-state index contributed by atoms with van der Waals surface area (Å²) >= 11 is 0. The minimum absolute atomic E-state index is 0.725. The fourth-order valence-corrected chi connectivity index (χ4v) is 4.05. The van der Waals surface area contributed by atoms with Crippen LogP contribution in [-0.2, 0) is 0 Å². The Kier molecular flexibility index (Phi) is 6.97. The lowest BCUT2D eigenvalue weighted by atomic mass is 9.91. The van der Waals surface area contributed by atoms with E-state index in [1.54, 1.807) is 0 Å². The van der Waals surface area contributed by atoms with Crippen molar-refractivity contribution >= 4 is 0 Å². The Hall–Kier alpha value is -0.120. The van der Waals surface area contributed by atoms with Gasteiger partial charge in [-0.3, -0.25) is 4.90 Å². The van der Waals surface area contributed by atoms with E-state index >= 15 is 0 Å². The quantitative estimate of drug-likeness (QED) is 0.813. The third kappa shape index (κ3) is 5.22. The first-order valence-corrected chi connectivity index (χ1v) is 9.26. The Morgan fingerprint density at radius 2 is 1.86 bits per heavy atom. The summed E-state index contributed by atoms with van der Waals surface area (Å²) in [6.45, 7) is 13.5. The number of hydrogen-bond donors (Lipinski definition) is 1. The van der Waals surface area contributed by atoms with Crippen molar-refractivity contribution in [2.75, 3.05) is 39.8 Å². The van der Waals surface area contributed by atoms with Gasteiger partial charge in [0.25, 0.3) is 0 Å². The van der Waals surface area contributed by atoms with Crippen LogP contribution in [0, 0.1) is 11.8 Å². The molecule has 0 aliphatic carbocycles. The van der Waals surface area contributed by atoms with E-state index in [-0.39, 0.29) is 0 Å². The monoisotopic (exact) mass is 295 g/mol. The molecule has 0 saturated carbocycles. The van der Waals surface area contributed by atoms with Crippen molar-refractivity contribution in [1.82, 2.24) is 15.1 Å². The zero-order valence-corrected chi connectivity index (χ0v) is 14.8. The van der Waals surface area contributed by atoms with Crippen LogP contribution in [0.1, 0.15) is 52.9 Å². The zero-order valence-electron chi connectivity index (χ0n) is 14.8. The molecule has 0 spiro atoms. The highest BCUT2D eigenvalue weighted by Crippen LogP contribution is 2.23. The van der Waals surface area contributed by atoms with Crippen LogP contribution in [0.15, 0.2) is 0 Å². The molecule has 21 heavy (non-hydrogen) atoms. The molecule has 3 nitrogen and oxygen atoms in total. The maximum Gasteiger partial charge on any atom is 0.0244 e. The van der Waals surface area contributed by atoms with Crippen molar-refractivity contribution in [1.29, 1.82) is 0 Å². The van der Waals surface area contributed by atoms with Gasteiger partial charge in [-0.15, -0.1) is 0 Å². The SMILES string of the molecule is CCCC1CN(CCC2CCN(C)CC2)C(C(C)C)CN1. The van der Waals surface area contributed by atoms with Crippen LogP contribution in [-0.4, -0.2) is 61.7 Å². The highest BCUT2D eigenvalue weighted by molar-refractivity contribution is 4.88. The lowest BCUT2D eigenvalue weighted by Gasteiger charge is -2.43. The van der Waals surface area contributed by atoms with E-state index < -0.39 is 0 Å². The van der Waals surface area contributed by atoms with Crippen molar-refractivity contribution in [2.24, 2.45) is 11.8 Å². The van der Waals surface area contributed by atoms with Gasteiger partial charge < -0.3 is 10.2 Å². The normalized spacial score (nSPS) is 30.1. The number of rotatable bonds is 6. The summed E-state index contributed by atoms with van der Waals surface area (Å²) < 4.78 is 0. The van der Waals surface area contributed by atoms with Gasteiger partial charge in [0, 0.05) is 25.2 Å². The van der Waals surface area contributed by atoms with E-state index in [2.05, 4.69) is 42.9 Å². The Bertz CT molecular complexity index is 284. The van der Waals surface area contributed by atoms with Crippen molar-refractivity contribution < 1.29 is 0 Å². The second-order valence-corrected chi connectivity index (χ2v) is 7.74. The van der Waals surface area contributed by atoms with E-state index in [4.69, 9.17) is 0 Å². The van der Waals surface area contributed by atoms with Gasteiger partial charge in [0.15, 0.2) is 0 Å². The molecule has 2 rings (SSSR count). The van der Waals surface area contributed by atoms with Gasteiger partial charge in [0.05, 0.1) is 0 Å². The summed E-state index contributed by atoms with van der Waals surface area (Å²) in [4.78, 5) is 5.29. The van der Waals surface area contributed by atoms with Gasteiger partial charge in [0.1, 0.15) is 0 Å². The first kappa shape index (κ1) is 17.2. The second kappa shape index (κ2) is 8.50. The van der Waals surface area contributed by atoms with Gasteiger partial charge in [0.2, 0.25) is 0 Å². The number of likely N-dealkylation sites (tertiary alicyclic amines) is 1. The Morgan fingerprint density at radius 1 is 1.14 bits per heavy atom. The van der Waals surface area contributed by atoms with E-state index in [9.17, 15) is 0 Å². The van der Waals surface area contributed by atoms with E-state index in [0.717, 1.165) is 23.9 Å². The van der Waals surface area contributed by atoms with Crippen LogP contribution < -0.4 is 5.32 Å². The number of nitrogens with zero attached hydrogens (tertiary/aromatic N) is 2. The molecule has 124 valence electrons. The predicted molar refractivity (Wildman–Crippen MR) is 91.7 cm³/mol. The van der Waals surface area contributed by atoms with Crippen molar-refractivity contribution in [3.63, 3.8) is 0 Å². The molecule has 2 fully saturated rings. The zero-order chi connectivity index (χ0) is 15.2. The minimum atomic E-state index is 0.725. The second-order valence-electron chi connectivity index (χ2n) is 7.74. The average Bonchev–Trinajstić information content (AvgIpc) is 2.47. The highest BCUT2D eigenvalue weighted by atomic mass is 15.2. The standard InChI is InChI=1S/C18H37N3/c1-5-6-17-14-21(18(13-19-17)15(2)3)12-9-16-7-10-20(4)11-8-16/h15-19H,5-14H2,1-4H3. The fraction of sp³-hybridized carbons (Fsp3) is 1.00. The number of piperidine rings is 1. The van der Waals surface area contributed by atoms with Crippen LogP contribution in [0.3, 0.4) is 0 Å². The van der Waals surface area contributed by atoms with Crippen molar-refractivity contribution in [3.8, 4) is 0 Å². The molecule has 0 aromatic heterocycles. The summed E-state index contributed by atoms with van der Waals surface area (Å²) in [5.74, 6) is 1.73. The molecule has 1 N–H and O–H groups in total. The molecule has 2 atom stereocenters. The third-order valence-electron chi connectivity index (χ3n) is 5.61. The van der Waals surface area contributed by atoms with Gasteiger partial charge in [-0.05, 0) is 64.2 Å². The highest BCUT2D eigenvalue weighted by Gasteiger charge is 2.29. The summed E-state index contributed by atoms with van der Waals surface area (Å²) in [5.41, 5.74) is 0. The van der Waals surface area contributed by atoms with Crippen molar-refractivity contribution in [3.05, 3.63) is 0 Å². The van der Waals surface area contributed by atoms with Gasteiger partial charge in [-0.2, -0.15) is 0 Å². The molecule has 0 radical (unpaired) electrons.